The van der Waals surface area contributed by atoms with Crippen molar-refractivity contribution >= 4 is 25.0 Å². The highest BCUT2D eigenvalue weighted by Crippen LogP contribution is 2.59. The summed E-state index contributed by atoms with van der Waals surface area (Å²) >= 11 is 0. The summed E-state index contributed by atoms with van der Waals surface area (Å²) in [6.45, 7) is 41.4. The van der Waals surface area contributed by atoms with Gasteiger partial charge in [0.2, 0.25) is 0 Å². The van der Waals surface area contributed by atoms with Crippen molar-refractivity contribution in [3.63, 3.8) is 0 Å². The molecule has 0 aliphatic heterocycles. The van der Waals surface area contributed by atoms with E-state index in [-0.39, 0.29) is 22.3 Å². The van der Waals surface area contributed by atoms with Crippen molar-refractivity contribution in [1.82, 2.24) is 0 Å². The third-order valence-electron chi connectivity index (χ3n) is 14.1. The van der Waals surface area contributed by atoms with Crippen LogP contribution in [0.3, 0.4) is 0 Å². The van der Waals surface area contributed by atoms with Crippen molar-refractivity contribution in [2.24, 2.45) is 23.2 Å². The van der Waals surface area contributed by atoms with Crippen LogP contribution in [0.1, 0.15) is 121 Å². The van der Waals surface area contributed by atoms with E-state index in [4.69, 9.17) is 13.3 Å². The Hall–Kier alpha value is -0.249. The van der Waals surface area contributed by atoms with Gasteiger partial charge in [0.05, 0.1) is 12.2 Å². The molecule has 0 saturated heterocycles. The number of allylic oxidation sites excluding steroid dienone is 3. The van der Waals surface area contributed by atoms with Gasteiger partial charge in [0.15, 0.2) is 25.0 Å². The summed E-state index contributed by atoms with van der Waals surface area (Å²) in [6.07, 6.45) is 13.6. The van der Waals surface area contributed by atoms with Crippen LogP contribution in [-0.4, -0.2) is 43.8 Å². The lowest BCUT2D eigenvalue weighted by Crippen LogP contribution is -2.49. The molecule has 3 fully saturated rings. The highest BCUT2D eigenvalue weighted by molar-refractivity contribution is 6.74. The maximum atomic E-state index is 7.11. The van der Waals surface area contributed by atoms with E-state index in [9.17, 15) is 0 Å². The Morgan fingerprint density at radius 3 is 1.80 bits per heavy atom. The second-order valence-corrected chi connectivity index (χ2v) is 33.2. The van der Waals surface area contributed by atoms with E-state index in [1.165, 1.54) is 61.4 Å². The van der Waals surface area contributed by atoms with E-state index >= 15 is 0 Å². The van der Waals surface area contributed by atoms with E-state index in [1.807, 2.05) is 0 Å². The summed E-state index contributed by atoms with van der Waals surface area (Å²) in [4.78, 5) is 0. The van der Waals surface area contributed by atoms with Crippen molar-refractivity contribution in [2.75, 3.05) is 6.61 Å². The Labute approximate surface area is 290 Å². The maximum absolute atomic E-state index is 7.11. The molecule has 0 aromatic carbocycles. The lowest BCUT2D eigenvalue weighted by molar-refractivity contribution is 0.0721. The lowest BCUT2D eigenvalue weighted by atomic mass is 9.61. The highest BCUT2D eigenvalue weighted by Gasteiger charge is 2.51. The van der Waals surface area contributed by atoms with Crippen LogP contribution in [0, 0.1) is 23.2 Å². The molecular formula is C40H76O3Si3. The van der Waals surface area contributed by atoms with Gasteiger partial charge >= 0.3 is 0 Å². The van der Waals surface area contributed by atoms with E-state index in [0.29, 0.717) is 17.3 Å². The summed E-state index contributed by atoms with van der Waals surface area (Å²) in [5, 5.41) is 0.320. The fourth-order valence-corrected chi connectivity index (χ4v) is 13.7. The van der Waals surface area contributed by atoms with Crippen LogP contribution in [0.15, 0.2) is 35.5 Å². The first-order chi connectivity index (χ1) is 21.1. The Balaban J connectivity index is 1.86. The van der Waals surface area contributed by atoms with Gasteiger partial charge in [-0.2, -0.15) is 0 Å². The lowest BCUT2D eigenvalue weighted by Gasteiger charge is -2.46. The van der Waals surface area contributed by atoms with E-state index in [0.717, 1.165) is 25.4 Å². The van der Waals surface area contributed by atoms with E-state index in [1.54, 1.807) is 5.57 Å². The average molecular weight is 689 g/mol. The molecule has 266 valence electrons. The van der Waals surface area contributed by atoms with E-state index < -0.39 is 25.0 Å². The molecular weight excluding hydrogens is 613 g/mol. The number of hydrogen-bond donors (Lipinski definition) is 0. The highest BCUT2D eigenvalue weighted by atomic mass is 28.4. The number of hydrogen-bond acceptors (Lipinski definition) is 3. The normalized spacial score (nSPS) is 30.1. The third kappa shape index (κ3) is 8.72. The fraction of sp³-hybridized carbons (Fsp3) is 0.850. The number of rotatable bonds is 12. The van der Waals surface area contributed by atoms with Crippen molar-refractivity contribution in [1.29, 1.82) is 0 Å². The van der Waals surface area contributed by atoms with Gasteiger partial charge in [0.25, 0.3) is 0 Å². The van der Waals surface area contributed by atoms with Crippen LogP contribution >= 0.6 is 0 Å². The molecule has 3 nitrogen and oxygen atoms in total. The molecule has 6 heteroatoms. The van der Waals surface area contributed by atoms with Crippen molar-refractivity contribution in [2.45, 2.75) is 188 Å². The maximum Gasteiger partial charge on any atom is 0.192 e. The largest absolute Gasteiger partial charge is 0.417 e. The predicted molar refractivity (Wildman–Crippen MR) is 209 cm³/mol. The Kier molecular flexibility index (Phi) is 13.0. The quantitative estimate of drug-likeness (QED) is 0.151. The van der Waals surface area contributed by atoms with Gasteiger partial charge in [0.1, 0.15) is 0 Å². The van der Waals surface area contributed by atoms with Gasteiger partial charge in [0, 0.05) is 6.61 Å². The van der Waals surface area contributed by atoms with Crippen molar-refractivity contribution < 1.29 is 13.3 Å². The van der Waals surface area contributed by atoms with Gasteiger partial charge in [-0.3, -0.25) is 0 Å². The molecule has 0 aromatic rings. The van der Waals surface area contributed by atoms with Gasteiger partial charge in [-0.1, -0.05) is 106 Å². The Morgan fingerprint density at radius 1 is 0.848 bits per heavy atom. The molecule has 3 rings (SSSR count). The standard InChI is InChI=1S/C40H76O3Si3/c1-17-46(18-2,19-3)41-29-30(4)34-24-25-35-33(21-20-26-40(34,35)12)23-22-32-27-36(42-44(13,14)38(6,7)8)31(5)37(28-32)43-45(15,16)39(9,10)11/h22-23,30,34-37H,5,17-21,24-29H2,1-4,6-16H3/t30-,34?,35?,36-,37-,40-/m1/s1. The summed E-state index contributed by atoms with van der Waals surface area (Å²) in [5.41, 5.74) is 4.74. The summed E-state index contributed by atoms with van der Waals surface area (Å²) in [6, 6.07) is 3.74. The molecule has 3 saturated carbocycles. The van der Waals surface area contributed by atoms with Crippen LogP contribution in [-0.2, 0) is 13.3 Å². The smallest absolute Gasteiger partial charge is 0.192 e. The second-order valence-electron chi connectivity index (χ2n) is 18.9. The molecule has 6 atom stereocenters. The zero-order chi connectivity index (χ0) is 34.9. The van der Waals surface area contributed by atoms with Crippen LogP contribution in [0.4, 0.5) is 0 Å². The molecule has 3 aliphatic carbocycles. The second kappa shape index (κ2) is 14.9. The zero-order valence-corrected chi connectivity index (χ0v) is 36.3. The molecule has 0 radical (unpaired) electrons. The fourth-order valence-electron chi connectivity index (χ4n) is 8.38. The summed E-state index contributed by atoms with van der Waals surface area (Å²) in [7, 11) is -5.50. The van der Waals surface area contributed by atoms with Crippen LogP contribution in [0.5, 0.6) is 0 Å². The molecule has 0 spiro atoms. The van der Waals surface area contributed by atoms with Gasteiger partial charge in [-0.05, 0) is 128 Å². The molecule has 46 heavy (non-hydrogen) atoms. The van der Waals surface area contributed by atoms with Gasteiger partial charge in [-0.15, -0.1) is 0 Å². The van der Waals surface area contributed by atoms with Gasteiger partial charge < -0.3 is 13.3 Å². The topological polar surface area (TPSA) is 27.7 Å². The minimum atomic E-state index is -1.97. The first-order valence-corrected chi connectivity index (χ1v) is 27.5. The minimum absolute atomic E-state index is 0.0347. The monoisotopic (exact) mass is 689 g/mol. The summed E-state index contributed by atoms with van der Waals surface area (Å²) < 4.78 is 21.1. The molecule has 3 aliphatic rings. The van der Waals surface area contributed by atoms with Gasteiger partial charge in [-0.25, -0.2) is 0 Å². The summed E-state index contributed by atoms with van der Waals surface area (Å²) in [5.74, 6) is 2.09. The average Bonchev–Trinajstić information content (AvgIpc) is 3.31. The minimum Gasteiger partial charge on any atom is -0.417 e. The molecule has 0 bridgehead atoms. The predicted octanol–water partition coefficient (Wildman–Crippen LogP) is 12.8. The number of fused-ring (bicyclic) bond motifs is 1. The molecule has 0 amide bonds. The Morgan fingerprint density at radius 2 is 1.35 bits per heavy atom. The molecule has 0 N–H and O–H groups in total. The van der Waals surface area contributed by atoms with E-state index in [2.05, 4.69) is 121 Å². The zero-order valence-electron chi connectivity index (χ0n) is 33.3. The van der Waals surface area contributed by atoms with Crippen molar-refractivity contribution in [3.05, 3.63) is 35.5 Å². The third-order valence-corrected chi connectivity index (χ3v) is 27.7. The molecule has 0 aromatic heterocycles. The molecule has 2 unspecified atom stereocenters. The van der Waals surface area contributed by atoms with Crippen LogP contribution in [0.25, 0.3) is 0 Å². The van der Waals surface area contributed by atoms with Crippen LogP contribution in [0.2, 0.25) is 54.4 Å². The van der Waals surface area contributed by atoms with Crippen molar-refractivity contribution in [3.8, 4) is 0 Å². The first kappa shape index (κ1) is 40.2. The first-order valence-electron chi connectivity index (χ1n) is 19.1. The Bertz CT molecular complexity index is 1050. The molecule has 0 heterocycles. The SMILES string of the molecule is C=C1[C@H](O[Si](C)(C)C(C)(C)C)CC(=CC=C2CCC[C@@]3(C)C2CCC3[C@H](C)CO[Si](CC)(CC)CC)C[C@H]1O[Si](C)(C)C(C)(C)C. The van der Waals surface area contributed by atoms with Crippen LogP contribution < -0.4 is 0 Å².